The van der Waals surface area contributed by atoms with Crippen LogP contribution in [0.25, 0.3) is 6.08 Å². The number of benzene rings is 1. The molecular formula is C16H25NO3. The van der Waals surface area contributed by atoms with Crippen molar-refractivity contribution in [3.8, 4) is 17.2 Å². The molecule has 0 aromatic heterocycles. The zero-order chi connectivity index (χ0) is 15.1. The molecule has 1 N–H and O–H groups in total. The fourth-order valence-corrected chi connectivity index (χ4v) is 2.00. The van der Waals surface area contributed by atoms with Crippen LogP contribution in [0.1, 0.15) is 26.3 Å². The van der Waals surface area contributed by atoms with Crippen LogP contribution in [0.5, 0.6) is 17.2 Å². The van der Waals surface area contributed by atoms with Crippen LogP contribution in [0.3, 0.4) is 0 Å². The lowest BCUT2D eigenvalue weighted by molar-refractivity contribution is 0.348. The highest BCUT2D eigenvalue weighted by Gasteiger charge is 2.11. The fourth-order valence-electron chi connectivity index (χ4n) is 2.00. The Morgan fingerprint density at radius 2 is 1.65 bits per heavy atom. The summed E-state index contributed by atoms with van der Waals surface area (Å²) < 4.78 is 16.1. The van der Waals surface area contributed by atoms with E-state index < -0.39 is 0 Å². The van der Waals surface area contributed by atoms with Crippen molar-refractivity contribution in [1.82, 2.24) is 5.32 Å². The van der Waals surface area contributed by atoms with Crippen LogP contribution >= 0.6 is 0 Å². The van der Waals surface area contributed by atoms with Crippen molar-refractivity contribution in [2.45, 2.75) is 26.8 Å². The molecule has 4 heteroatoms. The van der Waals surface area contributed by atoms with Crippen molar-refractivity contribution < 1.29 is 14.2 Å². The maximum atomic E-state index is 5.43. The number of likely N-dealkylation sites (N-methyl/N-ethyl adjacent to an activating group) is 1. The van der Waals surface area contributed by atoms with E-state index in [1.165, 1.54) is 5.57 Å². The van der Waals surface area contributed by atoms with Gasteiger partial charge in [-0.2, -0.15) is 0 Å². The Morgan fingerprint density at radius 3 is 2.15 bits per heavy atom. The zero-order valence-electron chi connectivity index (χ0n) is 13.2. The summed E-state index contributed by atoms with van der Waals surface area (Å²) >= 11 is 0. The van der Waals surface area contributed by atoms with Gasteiger partial charge in [-0.05, 0) is 26.5 Å². The second-order valence-electron chi connectivity index (χ2n) is 4.62. The van der Waals surface area contributed by atoms with Gasteiger partial charge in [-0.1, -0.05) is 18.6 Å². The van der Waals surface area contributed by atoms with E-state index in [-0.39, 0.29) is 0 Å². The minimum Gasteiger partial charge on any atom is -0.496 e. The average molecular weight is 279 g/mol. The van der Waals surface area contributed by atoms with Crippen LogP contribution in [0, 0.1) is 0 Å². The summed E-state index contributed by atoms with van der Waals surface area (Å²) in [5, 5.41) is 3.39. The molecule has 1 rings (SSSR count). The molecule has 0 amide bonds. The van der Waals surface area contributed by atoms with Crippen molar-refractivity contribution in [2.24, 2.45) is 0 Å². The number of hydrogen-bond acceptors (Lipinski definition) is 4. The molecule has 0 heterocycles. The summed E-state index contributed by atoms with van der Waals surface area (Å²) in [6.07, 6.45) is 2.11. The summed E-state index contributed by atoms with van der Waals surface area (Å²) in [7, 11) is 4.90. The highest BCUT2D eigenvalue weighted by Crippen LogP contribution is 2.35. The van der Waals surface area contributed by atoms with Gasteiger partial charge in [0.25, 0.3) is 0 Å². The molecule has 0 bridgehead atoms. The molecule has 0 aliphatic carbocycles. The van der Waals surface area contributed by atoms with E-state index in [4.69, 9.17) is 14.2 Å². The molecule has 0 aliphatic heterocycles. The van der Waals surface area contributed by atoms with E-state index in [0.717, 1.165) is 17.9 Å². The highest BCUT2D eigenvalue weighted by molar-refractivity contribution is 5.65. The van der Waals surface area contributed by atoms with Crippen molar-refractivity contribution in [3.63, 3.8) is 0 Å². The van der Waals surface area contributed by atoms with Gasteiger partial charge in [0.05, 0.1) is 21.3 Å². The van der Waals surface area contributed by atoms with E-state index >= 15 is 0 Å². The maximum Gasteiger partial charge on any atom is 0.164 e. The van der Waals surface area contributed by atoms with E-state index in [0.29, 0.717) is 17.5 Å². The van der Waals surface area contributed by atoms with Gasteiger partial charge in [0.1, 0.15) is 5.75 Å². The standard InChI is InChI=1S/C16H25NO3/c1-7-17-12(3)11(2)8-13-9-15(19-5)16(20-6)10-14(13)18-4/h8-10,12,17H,7H2,1-6H3/b11-8+. The fraction of sp³-hybridized carbons (Fsp3) is 0.500. The Hall–Kier alpha value is -1.68. The summed E-state index contributed by atoms with van der Waals surface area (Å²) in [6.45, 7) is 7.28. The zero-order valence-corrected chi connectivity index (χ0v) is 13.2. The molecule has 0 radical (unpaired) electrons. The predicted octanol–water partition coefficient (Wildman–Crippen LogP) is 3.11. The first kappa shape index (κ1) is 16.4. The van der Waals surface area contributed by atoms with Crippen LogP contribution in [-0.4, -0.2) is 33.9 Å². The Bertz CT molecular complexity index is 469. The van der Waals surface area contributed by atoms with Crippen LogP contribution < -0.4 is 19.5 Å². The van der Waals surface area contributed by atoms with Crippen molar-refractivity contribution in [2.75, 3.05) is 27.9 Å². The Labute approximate surface area is 121 Å². The smallest absolute Gasteiger partial charge is 0.164 e. The summed E-state index contributed by atoms with van der Waals surface area (Å²) in [5.41, 5.74) is 2.21. The molecule has 0 saturated heterocycles. The third-order valence-corrected chi connectivity index (χ3v) is 3.31. The van der Waals surface area contributed by atoms with Crippen molar-refractivity contribution in [1.29, 1.82) is 0 Å². The van der Waals surface area contributed by atoms with E-state index in [9.17, 15) is 0 Å². The SMILES string of the molecule is CCNC(C)/C(C)=C/c1cc(OC)c(OC)cc1OC. The third-order valence-electron chi connectivity index (χ3n) is 3.31. The molecule has 112 valence electrons. The van der Waals surface area contributed by atoms with Gasteiger partial charge < -0.3 is 19.5 Å². The molecule has 1 atom stereocenters. The lowest BCUT2D eigenvalue weighted by Crippen LogP contribution is -2.26. The van der Waals surface area contributed by atoms with Crippen LogP contribution in [0.4, 0.5) is 0 Å². The largest absolute Gasteiger partial charge is 0.496 e. The number of rotatable bonds is 7. The molecule has 0 spiro atoms. The first-order chi connectivity index (χ1) is 9.57. The van der Waals surface area contributed by atoms with E-state index in [1.54, 1.807) is 21.3 Å². The molecule has 1 unspecified atom stereocenters. The second-order valence-corrected chi connectivity index (χ2v) is 4.62. The quantitative estimate of drug-likeness (QED) is 0.832. The topological polar surface area (TPSA) is 39.7 Å². The van der Waals surface area contributed by atoms with E-state index in [2.05, 4.69) is 32.2 Å². The number of ether oxygens (including phenoxy) is 3. The molecular weight excluding hydrogens is 254 g/mol. The second kappa shape index (κ2) is 7.80. The maximum absolute atomic E-state index is 5.43. The van der Waals surface area contributed by atoms with Gasteiger partial charge in [0, 0.05) is 17.7 Å². The predicted molar refractivity (Wildman–Crippen MR) is 82.9 cm³/mol. The Balaban J connectivity index is 3.19. The van der Waals surface area contributed by atoms with Crippen molar-refractivity contribution in [3.05, 3.63) is 23.3 Å². The average Bonchev–Trinajstić information content (AvgIpc) is 2.46. The normalized spacial score (nSPS) is 13.0. The first-order valence-corrected chi connectivity index (χ1v) is 6.78. The lowest BCUT2D eigenvalue weighted by Gasteiger charge is -2.15. The van der Waals surface area contributed by atoms with E-state index in [1.807, 2.05) is 12.1 Å². The molecule has 20 heavy (non-hydrogen) atoms. The molecule has 4 nitrogen and oxygen atoms in total. The van der Waals surface area contributed by atoms with Gasteiger partial charge >= 0.3 is 0 Å². The van der Waals surface area contributed by atoms with Gasteiger partial charge in [0.2, 0.25) is 0 Å². The number of nitrogens with one attached hydrogen (secondary N) is 1. The number of hydrogen-bond donors (Lipinski definition) is 1. The first-order valence-electron chi connectivity index (χ1n) is 6.78. The Kier molecular flexibility index (Phi) is 6.39. The van der Waals surface area contributed by atoms with Crippen molar-refractivity contribution >= 4 is 6.08 Å². The van der Waals surface area contributed by atoms with Gasteiger partial charge in [-0.25, -0.2) is 0 Å². The minimum absolute atomic E-state index is 0.317. The highest BCUT2D eigenvalue weighted by atomic mass is 16.5. The summed E-state index contributed by atoms with van der Waals surface area (Å²) in [5.74, 6) is 2.13. The van der Waals surface area contributed by atoms with Crippen LogP contribution in [0.15, 0.2) is 17.7 Å². The van der Waals surface area contributed by atoms with Gasteiger partial charge in [0.15, 0.2) is 11.5 Å². The monoisotopic (exact) mass is 279 g/mol. The summed E-state index contributed by atoms with van der Waals surface area (Å²) in [4.78, 5) is 0. The molecule has 0 saturated carbocycles. The van der Waals surface area contributed by atoms with Gasteiger partial charge in [-0.15, -0.1) is 0 Å². The number of methoxy groups -OCH3 is 3. The van der Waals surface area contributed by atoms with Gasteiger partial charge in [-0.3, -0.25) is 0 Å². The molecule has 1 aromatic rings. The molecule has 1 aromatic carbocycles. The summed E-state index contributed by atoms with van der Waals surface area (Å²) in [6, 6.07) is 4.09. The van der Waals surface area contributed by atoms with Crippen LogP contribution in [-0.2, 0) is 0 Å². The molecule has 0 fully saturated rings. The molecule has 0 aliphatic rings. The van der Waals surface area contributed by atoms with Crippen LogP contribution in [0.2, 0.25) is 0 Å². The third kappa shape index (κ3) is 3.90. The lowest BCUT2D eigenvalue weighted by atomic mass is 10.1. The minimum atomic E-state index is 0.317. The Morgan fingerprint density at radius 1 is 1.10 bits per heavy atom.